The number of hydrogen-bond donors (Lipinski definition) is 2. The van der Waals surface area contributed by atoms with E-state index in [1.54, 1.807) is 0 Å². The summed E-state index contributed by atoms with van der Waals surface area (Å²) < 4.78 is 53.5. The van der Waals surface area contributed by atoms with Crippen LogP contribution in [0.3, 0.4) is 0 Å². The minimum atomic E-state index is -4.55. The van der Waals surface area contributed by atoms with Crippen molar-refractivity contribution in [3.05, 3.63) is 130 Å². The monoisotopic (exact) mass is 606 g/mol. The summed E-state index contributed by atoms with van der Waals surface area (Å²) in [7, 11) is 0. The molecule has 0 spiro atoms. The number of nitrogens with zero attached hydrogens (tertiary/aromatic N) is 1. The minimum absolute atomic E-state index is 0.0611. The molecule has 9 heteroatoms. The van der Waals surface area contributed by atoms with Crippen LogP contribution in [0.5, 0.6) is 11.5 Å². The van der Waals surface area contributed by atoms with Crippen LogP contribution in [0.1, 0.15) is 45.4 Å². The molecule has 0 aliphatic heterocycles. The third-order valence-corrected chi connectivity index (χ3v) is 7.18. The number of hydrogen-bond acceptors (Lipinski definition) is 5. The number of para-hydroxylation sites is 1. The van der Waals surface area contributed by atoms with Crippen LogP contribution in [-0.4, -0.2) is 28.6 Å². The van der Waals surface area contributed by atoms with E-state index in [9.17, 15) is 23.1 Å². The van der Waals surface area contributed by atoms with E-state index in [1.165, 1.54) is 6.07 Å². The highest BCUT2D eigenvalue weighted by molar-refractivity contribution is 5.73. The lowest BCUT2D eigenvalue weighted by atomic mass is 10.1. The first kappa shape index (κ1) is 32.6. The van der Waals surface area contributed by atoms with E-state index in [1.807, 2.05) is 91.5 Å². The second-order valence-corrected chi connectivity index (χ2v) is 10.9. The molecule has 0 aromatic heterocycles. The zero-order chi connectivity index (χ0) is 31.7. The normalized spacial score (nSPS) is 12.2. The van der Waals surface area contributed by atoms with Gasteiger partial charge in [-0.05, 0) is 55.7 Å². The molecule has 232 valence electrons. The molecule has 4 rings (SSSR count). The molecule has 0 bridgehead atoms. The summed E-state index contributed by atoms with van der Waals surface area (Å²) in [6.07, 6.45) is -4.45. The molecule has 1 atom stereocenters. The molecular formula is C35H37F3N2O4. The van der Waals surface area contributed by atoms with E-state index in [0.717, 1.165) is 39.9 Å². The molecule has 0 heterocycles. The third kappa shape index (κ3) is 9.59. The minimum Gasteiger partial charge on any atom is -0.489 e. The number of ether oxygens (including phenoxy) is 2. The van der Waals surface area contributed by atoms with Crippen LogP contribution < -0.4 is 15.2 Å². The SMILES string of the molecule is Cc1cccc(COc2ccccc2CN(CC[C@H](N)C(=O)O)Cc2cc(C(F)(F)F)ccc2OCc2cccc(C)c2)c1. The quantitative estimate of drug-likeness (QED) is 0.157. The number of aliphatic carboxylic acids is 1. The fourth-order valence-corrected chi connectivity index (χ4v) is 4.86. The summed E-state index contributed by atoms with van der Waals surface area (Å²) in [4.78, 5) is 13.3. The van der Waals surface area contributed by atoms with Gasteiger partial charge in [0.1, 0.15) is 30.8 Å². The standard InChI is InChI=1S/C35H37F3N2O4/c1-24-7-5-9-26(17-24)22-43-32-12-4-3-11-28(32)20-40(16-15-31(39)34(41)42)21-29-19-30(35(36,37)38)13-14-33(29)44-23-27-10-6-8-25(2)18-27/h3-14,17-19,31H,15-16,20-23,39H2,1-2H3,(H,41,42)/t31-/m0/s1. The van der Waals surface area contributed by atoms with Crippen molar-refractivity contribution in [2.75, 3.05) is 6.54 Å². The molecule has 0 fully saturated rings. The zero-order valence-corrected chi connectivity index (χ0v) is 24.8. The van der Waals surface area contributed by atoms with Crippen molar-refractivity contribution in [3.8, 4) is 11.5 Å². The Kier molecular flexibility index (Phi) is 11.0. The van der Waals surface area contributed by atoms with Crippen molar-refractivity contribution in [2.45, 2.75) is 58.8 Å². The number of benzene rings is 4. The molecule has 3 N–H and O–H groups in total. The van der Waals surface area contributed by atoms with Crippen LogP contribution in [0.2, 0.25) is 0 Å². The molecule has 0 aliphatic rings. The molecule has 0 saturated carbocycles. The fraction of sp³-hybridized carbons (Fsp3) is 0.286. The Morgan fingerprint density at radius 1 is 0.795 bits per heavy atom. The van der Waals surface area contributed by atoms with E-state index < -0.39 is 23.8 Å². The van der Waals surface area contributed by atoms with Gasteiger partial charge in [0.2, 0.25) is 0 Å². The maximum absolute atomic E-state index is 13.8. The van der Waals surface area contributed by atoms with Gasteiger partial charge in [-0.15, -0.1) is 0 Å². The van der Waals surface area contributed by atoms with Crippen LogP contribution in [0.15, 0.2) is 91.0 Å². The maximum atomic E-state index is 13.8. The Morgan fingerprint density at radius 3 is 1.93 bits per heavy atom. The van der Waals surface area contributed by atoms with Gasteiger partial charge in [-0.2, -0.15) is 13.2 Å². The second kappa shape index (κ2) is 14.9. The van der Waals surface area contributed by atoms with E-state index in [4.69, 9.17) is 15.2 Å². The number of aryl methyl sites for hydroxylation is 2. The summed E-state index contributed by atoms with van der Waals surface area (Å²) in [5.74, 6) is -0.203. The van der Waals surface area contributed by atoms with Crippen molar-refractivity contribution in [1.82, 2.24) is 4.90 Å². The molecule has 0 unspecified atom stereocenters. The van der Waals surface area contributed by atoms with E-state index in [0.29, 0.717) is 23.7 Å². The molecule has 4 aromatic rings. The lowest BCUT2D eigenvalue weighted by Crippen LogP contribution is -2.35. The molecule has 4 aromatic carbocycles. The third-order valence-electron chi connectivity index (χ3n) is 7.18. The lowest BCUT2D eigenvalue weighted by molar-refractivity contribution is -0.139. The number of halogens is 3. The van der Waals surface area contributed by atoms with Gasteiger partial charge < -0.3 is 20.3 Å². The second-order valence-electron chi connectivity index (χ2n) is 10.9. The Hall–Kier alpha value is -4.34. The van der Waals surface area contributed by atoms with E-state index >= 15 is 0 Å². The number of carboxylic acid groups (broad SMARTS) is 1. The molecule has 0 radical (unpaired) electrons. The number of rotatable bonds is 14. The highest BCUT2D eigenvalue weighted by Gasteiger charge is 2.31. The van der Waals surface area contributed by atoms with Gasteiger partial charge in [0, 0.05) is 30.8 Å². The average molecular weight is 607 g/mol. The maximum Gasteiger partial charge on any atom is 0.416 e. The van der Waals surface area contributed by atoms with Crippen molar-refractivity contribution in [2.24, 2.45) is 5.73 Å². The van der Waals surface area contributed by atoms with Crippen molar-refractivity contribution >= 4 is 5.97 Å². The van der Waals surface area contributed by atoms with Gasteiger partial charge >= 0.3 is 12.1 Å². The summed E-state index contributed by atoms with van der Waals surface area (Å²) in [6, 6.07) is 25.4. The predicted octanol–water partition coefficient (Wildman–Crippen LogP) is 7.28. The first-order valence-electron chi connectivity index (χ1n) is 14.3. The Labute approximate surface area is 255 Å². The van der Waals surface area contributed by atoms with Gasteiger partial charge in [-0.3, -0.25) is 9.69 Å². The van der Waals surface area contributed by atoms with E-state index in [2.05, 4.69) is 0 Å². The Bertz CT molecular complexity index is 1560. The number of carboxylic acids is 1. The van der Waals surface area contributed by atoms with Gasteiger partial charge in [0.05, 0.1) is 5.56 Å². The van der Waals surface area contributed by atoms with Crippen molar-refractivity contribution in [3.63, 3.8) is 0 Å². The summed E-state index contributed by atoms with van der Waals surface area (Å²) in [5, 5.41) is 9.38. The smallest absolute Gasteiger partial charge is 0.416 e. The Morgan fingerprint density at radius 2 is 1.36 bits per heavy atom. The van der Waals surface area contributed by atoms with Gasteiger partial charge in [-0.25, -0.2) is 0 Å². The Balaban J connectivity index is 1.61. The zero-order valence-electron chi connectivity index (χ0n) is 24.8. The van der Waals surface area contributed by atoms with Crippen molar-refractivity contribution < 1.29 is 32.5 Å². The topological polar surface area (TPSA) is 85.0 Å². The average Bonchev–Trinajstić information content (AvgIpc) is 2.98. The molecular weight excluding hydrogens is 569 g/mol. The summed E-state index contributed by atoms with van der Waals surface area (Å²) >= 11 is 0. The van der Waals surface area contributed by atoms with Gasteiger partial charge in [0.25, 0.3) is 0 Å². The largest absolute Gasteiger partial charge is 0.489 e. The van der Waals surface area contributed by atoms with Crippen LogP contribution in [0, 0.1) is 13.8 Å². The van der Waals surface area contributed by atoms with Crippen LogP contribution >= 0.6 is 0 Å². The van der Waals surface area contributed by atoms with Gasteiger partial charge in [0.15, 0.2) is 0 Å². The van der Waals surface area contributed by atoms with Crippen LogP contribution in [0.25, 0.3) is 0 Å². The molecule has 44 heavy (non-hydrogen) atoms. The molecule has 0 saturated heterocycles. The molecule has 0 aliphatic carbocycles. The fourth-order valence-electron chi connectivity index (χ4n) is 4.86. The number of alkyl halides is 3. The van der Waals surface area contributed by atoms with Crippen molar-refractivity contribution in [1.29, 1.82) is 0 Å². The summed E-state index contributed by atoms with van der Waals surface area (Å²) in [5.41, 5.74) is 10.2. The highest BCUT2D eigenvalue weighted by Crippen LogP contribution is 2.34. The van der Waals surface area contributed by atoms with Crippen LogP contribution in [0.4, 0.5) is 13.2 Å². The first-order chi connectivity index (χ1) is 21.0. The van der Waals surface area contributed by atoms with Gasteiger partial charge in [-0.1, -0.05) is 77.9 Å². The van der Waals surface area contributed by atoms with Crippen LogP contribution in [-0.2, 0) is 37.3 Å². The molecule has 6 nitrogen and oxygen atoms in total. The first-order valence-corrected chi connectivity index (χ1v) is 14.3. The highest BCUT2D eigenvalue weighted by atomic mass is 19.4. The lowest BCUT2D eigenvalue weighted by Gasteiger charge is -2.26. The summed E-state index contributed by atoms with van der Waals surface area (Å²) in [6.45, 7) is 5.04. The number of nitrogens with two attached hydrogens (primary N) is 1. The number of carbonyl (C=O) groups is 1. The van der Waals surface area contributed by atoms with E-state index in [-0.39, 0.29) is 32.7 Å². The molecule has 0 amide bonds. The predicted molar refractivity (Wildman–Crippen MR) is 163 cm³/mol.